The van der Waals surface area contributed by atoms with Crippen LogP contribution in [0.3, 0.4) is 0 Å². The highest BCUT2D eigenvalue weighted by Crippen LogP contribution is 2.19. The molecule has 2 heterocycles. The first kappa shape index (κ1) is 17.3. The van der Waals surface area contributed by atoms with Gasteiger partial charge in [-0.25, -0.2) is 9.37 Å². The highest BCUT2D eigenvalue weighted by atomic mass is 19.1. The molecule has 1 aliphatic rings. The van der Waals surface area contributed by atoms with Gasteiger partial charge in [-0.2, -0.15) is 0 Å². The number of hydrogen-bond acceptors (Lipinski definition) is 3. The largest absolute Gasteiger partial charge is 0.338 e. The number of nitrogens with zero attached hydrogens (tertiary/aromatic N) is 3. The van der Waals surface area contributed by atoms with E-state index in [-0.39, 0.29) is 29.9 Å². The molecule has 6 heteroatoms. The molecule has 0 radical (unpaired) electrons. The molecule has 1 amide bonds. The number of piperidine rings is 1. The molecule has 5 nitrogen and oxygen atoms in total. The molecule has 0 unspecified atom stereocenters. The van der Waals surface area contributed by atoms with Gasteiger partial charge in [0, 0.05) is 29.9 Å². The minimum atomic E-state index is -0.358. The monoisotopic (exact) mass is 343 g/mol. The number of aryl methyl sites for hydroxylation is 1. The molecule has 1 fully saturated rings. The zero-order chi connectivity index (χ0) is 18.0. The third-order valence-corrected chi connectivity index (χ3v) is 4.66. The lowest BCUT2D eigenvalue weighted by molar-refractivity contribution is -0.135. The predicted molar refractivity (Wildman–Crippen MR) is 93.7 cm³/mol. The molecule has 3 rings (SSSR count). The summed E-state index contributed by atoms with van der Waals surface area (Å²) in [5.74, 6) is -0.0464. The van der Waals surface area contributed by atoms with Gasteiger partial charge in [0.2, 0.25) is 5.91 Å². The lowest BCUT2D eigenvalue weighted by Gasteiger charge is -2.33. The quantitative estimate of drug-likeness (QED) is 0.861. The molecule has 1 aromatic heterocycles. The second kappa shape index (κ2) is 7.17. The Hall–Kier alpha value is -2.50. The van der Waals surface area contributed by atoms with Gasteiger partial charge in [0.1, 0.15) is 18.2 Å². The third-order valence-electron chi connectivity index (χ3n) is 4.66. The number of carbonyl (C=O) groups is 1. The van der Waals surface area contributed by atoms with Crippen molar-refractivity contribution >= 4 is 5.91 Å². The number of benzene rings is 1. The van der Waals surface area contributed by atoms with Crippen molar-refractivity contribution in [1.29, 1.82) is 0 Å². The smallest absolute Gasteiger partial charge is 0.254 e. The summed E-state index contributed by atoms with van der Waals surface area (Å²) < 4.78 is 14.6. The molecule has 25 heavy (non-hydrogen) atoms. The fraction of sp³-hybridized carbons (Fsp3) is 0.421. The summed E-state index contributed by atoms with van der Waals surface area (Å²) in [7, 11) is 0. The van der Waals surface area contributed by atoms with Crippen LogP contribution in [0.4, 0.5) is 4.39 Å². The summed E-state index contributed by atoms with van der Waals surface area (Å²) in [4.78, 5) is 31.5. The maximum Gasteiger partial charge on any atom is 0.254 e. The number of rotatable bonds is 3. The van der Waals surface area contributed by atoms with E-state index in [4.69, 9.17) is 0 Å². The predicted octanol–water partition coefficient (Wildman–Crippen LogP) is 2.76. The fourth-order valence-corrected chi connectivity index (χ4v) is 3.29. The molecule has 0 N–H and O–H groups in total. The number of aromatic nitrogens is 2. The normalized spacial score (nSPS) is 17.6. The van der Waals surface area contributed by atoms with Crippen LogP contribution in [-0.4, -0.2) is 32.9 Å². The molecule has 1 saturated heterocycles. The number of hydrogen-bond donors (Lipinski definition) is 0. The van der Waals surface area contributed by atoms with Gasteiger partial charge in [0.15, 0.2) is 0 Å². The van der Waals surface area contributed by atoms with Gasteiger partial charge >= 0.3 is 0 Å². The van der Waals surface area contributed by atoms with Crippen molar-refractivity contribution < 1.29 is 9.18 Å². The Morgan fingerprint density at radius 1 is 1.28 bits per heavy atom. The molecule has 1 atom stereocenters. The Morgan fingerprint density at radius 2 is 2.00 bits per heavy atom. The first-order chi connectivity index (χ1) is 12.0. The van der Waals surface area contributed by atoms with Crippen molar-refractivity contribution in [2.45, 2.75) is 45.7 Å². The third kappa shape index (κ3) is 3.78. The average Bonchev–Trinajstić information content (AvgIpc) is 2.58. The summed E-state index contributed by atoms with van der Waals surface area (Å²) >= 11 is 0. The van der Waals surface area contributed by atoms with Crippen LogP contribution in [0.25, 0.3) is 11.4 Å². The Morgan fingerprint density at radius 3 is 2.68 bits per heavy atom. The van der Waals surface area contributed by atoms with Crippen LogP contribution in [0.1, 0.15) is 31.9 Å². The maximum atomic E-state index is 13.2. The highest BCUT2D eigenvalue weighted by molar-refractivity contribution is 5.77. The summed E-state index contributed by atoms with van der Waals surface area (Å²) in [5.41, 5.74) is 0.908. The Labute approximate surface area is 146 Å². The van der Waals surface area contributed by atoms with Crippen molar-refractivity contribution in [2.75, 3.05) is 6.54 Å². The lowest BCUT2D eigenvalue weighted by Crippen LogP contribution is -2.44. The molecule has 132 valence electrons. The van der Waals surface area contributed by atoms with E-state index in [2.05, 4.69) is 4.98 Å². The van der Waals surface area contributed by atoms with E-state index in [1.165, 1.54) is 22.8 Å². The number of amides is 1. The molecule has 0 aliphatic carbocycles. The fourth-order valence-electron chi connectivity index (χ4n) is 3.29. The zero-order valence-electron chi connectivity index (χ0n) is 14.5. The van der Waals surface area contributed by atoms with Crippen LogP contribution < -0.4 is 5.56 Å². The van der Waals surface area contributed by atoms with Crippen molar-refractivity contribution in [2.24, 2.45) is 0 Å². The molecular weight excluding hydrogens is 321 g/mol. The summed E-state index contributed by atoms with van der Waals surface area (Å²) in [5, 5.41) is 0. The van der Waals surface area contributed by atoms with Crippen molar-refractivity contribution in [3.63, 3.8) is 0 Å². The van der Waals surface area contributed by atoms with E-state index in [9.17, 15) is 14.0 Å². The van der Waals surface area contributed by atoms with Gasteiger partial charge in [-0.1, -0.05) is 0 Å². The maximum absolute atomic E-state index is 13.2. The molecular formula is C19H22FN3O2. The standard InChI is InChI=1S/C19H22FN3O2/c1-13-11-17(24)23(12-18(25)22-10-4-3-5-14(22)2)19(21-13)15-6-8-16(20)9-7-15/h6-9,11,14H,3-5,10,12H2,1-2H3/t14-/m0/s1. The van der Waals surface area contributed by atoms with Crippen molar-refractivity contribution in [1.82, 2.24) is 14.5 Å². The summed E-state index contributed by atoms with van der Waals surface area (Å²) in [6.07, 6.45) is 3.09. The SMILES string of the molecule is Cc1cc(=O)n(CC(=O)N2CCCC[C@@H]2C)c(-c2ccc(F)cc2)n1. The zero-order valence-corrected chi connectivity index (χ0v) is 14.5. The molecule has 2 aromatic rings. The topological polar surface area (TPSA) is 55.2 Å². The summed E-state index contributed by atoms with van der Waals surface area (Å²) in [6.45, 7) is 4.44. The second-order valence-electron chi connectivity index (χ2n) is 6.58. The van der Waals surface area contributed by atoms with Crippen molar-refractivity contribution in [3.05, 3.63) is 52.2 Å². The number of halogens is 1. The van der Waals surface area contributed by atoms with E-state index in [1.54, 1.807) is 19.1 Å². The first-order valence-corrected chi connectivity index (χ1v) is 8.59. The van der Waals surface area contributed by atoms with E-state index in [1.807, 2.05) is 11.8 Å². The number of carbonyl (C=O) groups excluding carboxylic acids is 1. The second-order valence-corrected chi connectivity index (χ2v) is 6.58. The minimum Gasteiger partial charge on any atom is -0.338 e. The molecule has 0 saturated carbocycles. The van der Waals surface area contributed by atoms with Crippen LogP contribution in [0, 0.1) is 12.7 Å². The lowest BCUT2D eigenvalue weighted by atomic mass is 10.0. The van der Waals surface area contributed by atoms with Gasteiger partial charge in [0.25, 0.3) is 5.56 Å². The highest BCUT2D eigenvalue weighted by Gasteiger charge is 2.24. The summed E-state index contributed by atoms with van der Waals surface area (Å²) in [6, 6.07) is 7.39. The molecule has 0 spiro atoms. The van der Waals surface area contributed by atoms with Crippen LogP contribution in [0.15, 0.2) is 35.1 Å². The average molecular weight is 343 g/mol. The van der Waals surface area contributed by atoms with E-state index in [0.29, 0.717) is 17.1 Å². The van der Waals surface area contributed by atoms with Crippen LogP contribution in [0.2, 0.25) is 0 Å². The van der Waals surface area contributed by atoms with Crippen LogP contribution in [0.5, 0.6) is 0 Å². The van der Waals surface area contributed by atoms with E-state index >= 15 is 0 Å². The van der Waals surface area contributed by atoms with Crippen molar-refractivity contribution in [3.8, 4) is 11.4 Å². The van der Waals surface area contributed by atoms with Gasteiger partial charge in [0.05, 0.1) is 0 Å². The minimum absolute atomic E-state index is 0.0524. The molecule has 1 aromatic carbocycles. The van der Waals surface area contributed by atoms with Crippen LogP contribution in [-0.2, 0) is 11.3 Å². The molecule has 1 aliphatic heterocycles. The Bertz CT molecular complexity index is 830. The Kier molecular flexibility index (Phi) is 4.97. The molecule has 0 bridgehead atoms. The van der Waals surface area contributed by atoms with E-state index < -0.39 is 0 Å². The Balaban J connectivity index is 1.96. The first-order valence-electron chi connectivity index (χ1n) is 8.59. The van der Waals surface area contributed by atoms with E-state index in [0.717, 1.165) is 25.8 Å². The van der Waals surface area contributed by atoms with Gasteiger partial charge < -0.3 is 4.90 Å². The van der Waals surface area contributed by atoms with Gasteiger partial charge in [-0.3, -0.25) is 14.2 Å². The van der Waals surface area contributed by atoms with Gasteiger partial charge in [-0.05, 0) is 57.4 Å². The van der Waals surface area contributed by atoms with Crippen LogP contribution >= 0.6 is 0 Å². The number of likely N-dealkylation sites (tertiary alicyclic amines) is 1. The van der Waals surface area contributed by atoms with Gasteiger partial charge in [-0.15, -0.1) is 0 Å².